The SMILES string of the molecule is CC1C(=O)OC(O)C1C. The van der Waals surface area contributed by atoms with Crippen molar-refractivity contribution < 1.29 is 14.6 Å². The molecule has 1 rings (SSSR count). The van der Waals surface area contributed by atoms with Crippen molar-refractivity contribution in [1.29, 1.82) is 0 Å². The predicted octanol–water partition coefficient (Wildman–Crippen LogP) is 0.134. The number of hydrogen-bond acceptors (Lipinski definition) is 3. The average Bonchev–Trinajstić information content (AvgIpc) is 1.98. The third-order valence-corrected chi connectivity index (χ3v) is 1.85. The van der Waals surface area contributed by atoms with Crippen LogP contribution in [0.25, 0.3) is 0 Å². The van der Waals surface area contributed by atoms with Gasteiger partial charge < -0.3 is 9.84 Å². The molecule has 1 saturated heterocycles. The molecule has 0 aliphatic carbocycles. The minimum Gasteiger partial charge on any atom is -0.435 e. The number of hydrogen-bond donors (Lipinski definition) is 1. The van der Waals surface area contributed by atoms with E-state index in [2.05, 4.69) is 4.74 Å². The number of rotatable bonds is 0. The van der Waals surface area contributed by atoms with Crippen molar-refractivity contribution in [2.45, 2.75) is 20.1 Å². The van der Waals surface area contributed by atoms with E-state index in [1.54, 1.807) is 13.8 Å². The molecule has 1 aliphatic rings. The molecule has 0 saturated carbocycles. The van der Waals surface area contributed by atoms with E-state index >= 15 is 0 Å². The first kappa shape index (κ1) is 6.55. The van der Waals surface area contributed by atoms with Gasteiger partial charge in [-0.25, -0.2) is 0 Å². The molecule has 1 fully saturated rings. The standard InChI is InChI=1S/C6H10O3/c1-3-4(2)6(8)9-5(3)7/h3-5,7H,1-2H3. The lowest BCUT2D eigenvalue weighted by atomic mass is 9.99. The minimum atomic E-state index is -0.882. The molecule has 0 spiro atoms. The van der Waals surface area contributed by atoms with Crippen LogP contribution >= 0.6 is 0 Å². The van der Waals surface area contributed by atoms with Gasteiger partial charge in [-0.1, -0.05) is 13.8 Å². The number of ether oxygens (including phenoxy) is 1. The van der Waals surface area contributed by atoms with Crippen LogP contribution in [0.3, 0.4) is 0 Å². The minimum absolute atomic E-state index is 0.0579. The van der Waals surface area contributed by atoms with Gasteiger partial charge in [0.15, 0.2) is 0 Å². The molecule has 3 heteroatoms. The second-order valence-corrected chi connectivity index (χ2v) is 2.48. The Morgan fingerprint density at radius 1 is 1.56 bits per heavy atom. The number of carbonyl (C=O) groups is 1. The van der Waals surface area contributed by atoms with Gasteiger partial charge in [-0.15, -0.1) is 0 Å². The molecule has 1 heterocycles. The molecule has 0 radical (unpaired) electrons. The van der Waals surface area contributed by atoms with Crippen LogP contribution in [0.1, 0.15) is 13.8 Å². The lowest BCUT2D eigenvalue weighted by Crippen LogP contribution is -2.14. The maximum absolute atomic E-state index is 10.6. The molecule has 3 atom stereocenters. The van der Waals surface area contributed by atoms with Crippen LogP contribution in [-0.2, 0) is 9.53 Å². The quantitative estimate of drug-likeness (QED) is 0.474. The molecule has 0 aromatic rings. The Balaban J connectivity index is 2.65. The monoisotopic (exact) mass is 130 g/mol. The molecular weight excluding hydrogens is 120 g/mol. The van der Waals surface area contributed by atoms with Gasteiger partial charge in [-0.05, 0) is 0 Å². The fraction of sp³-hybridized carbons (Fsp3) is 0.833. The Morgan fingerprint density at radius 2 is 2.11 bits per heavy atom. The normalized spacial score (nSPS) is 43.0. The van der Waals surface area contributed by atoms with Crippen molar-refractivity contribution in [3.63, 3.8) is 0 Å². The van der Waals surface area contributed by atoms with Crippen LogP contribution in [0.4, 0.5) is 0 Å². The Morgan fingerprint density at radius 3 is 2.22 bits per heavy atom. The van der Waals surface area contributed by atoms with Crippen molar-refractivity contribution >= 4 is 5.97 Å². The van der Waals surface area contributed by atoms with Gasteiger partial charge in [0.05, 0.1) is 5.92 Å². The fourth-order valence-corrected chi connectivity index (χ4v) is 0.795. The highest BCUT2D eigenvalue weighted by Gasteiger charge is 2.37. The second kappa shape index (κ2) is 1.99. The van der Waals surface area contributed by atoms with Crippen LogP contribution in [0.2, 0.25) is 0 Å². The van der Waals surface area contributed by atoms with Crippen molar-refractivity contribution in [1.82, 2.24) is 0 Å². The summed E-state index contributed by atoms with van der Waals surface area (Å²) in [6.45, 7) is 3.55. The third-order valence-electron chi connectivity index (χ3n) is 1.85. The average molecular weight is 130 g/mol. The zero-order chi connectivity index (χ0) is 7.02. The maximum Gasteiger partial charge on any atom is 0.311 e. The topological polar surface area (TPSA) is 46.5 Å². The smallest absolute Gasteiger partial charge is 0.311 e. The summed E-state index contributed by atoms with van der Waals surface area (Å²) in [6.07, 6.45) is -0.882. The van der Waals surface area contributed by atoms with Gasteiger partial charge in [0.1, 0.15) is 0 Å². The zero-order valence-corrected chi connectivity index (χ0v) is 5.50. The van der Waals surface area contributed by atoms with Crippen LogP contribution in [0.5, 0.6) is 0 Å². The van der Waals surface area contributed by atoms with Crippen molar-refractivity contribution in [3.8, 4) is 0 Å². The lowest BCUT2D eigenvalue weighted by Gasteiger charge is -2.05. The van der Waals surface area contributed by atoms with Gasteiger partial charge in [0, 0.05) is 5.92 Å². The highest BCUT2D eigenvalue weighted by Crippen LogP contribution is 2.25. The van der Waals surface area contributed by atoms with E-state index in [9.17, 15) is 4.79 Å². The van der Waals surface area contributed by atoms with Crippen molar-refractivity contribution in [3.05, 3.63) is 0 Å². The Bertz CT molecular complexity index is 132. The molecule has 0 aromatic heterocycles. The zero-order valence-electron chi connectivity index (χ0n) is 5.50. The maximum atomic E-state index is 10.6. The van der Waals surface area contributed by atoms with Crippen LogP contribution in [0.15, 0.2) is 0 Å². The lowest BCUT2D eigenvalue weighted by molar-refractivity contribution is -0.156. The number of aliphatic hydroxyl groups is 1. The molecule has 52 valence electrons. The summed E-state index contributed by atoms with van der Waals surface area (Å²) in [6, 6.07) is 0. The summed E-state index contributed by atoms with van der Waals surface area (Å²) in [5.41, 5.74) is 0. The van der Waals surface area contributed by atoms with E-state index < -0.39 is 6.29 Å². The van der Waals surface area contributed by atoms with Gasteiger partial charge in [-0.3, -0.25) is 4.79 Å². The highest BCUT2D eigenvalue weighted by molar-refractivity contribution is 5.74. The number of cyclic esters (lactones) is 1. The van der Waals surface area contributed by atoms with E-state index in [1.165, 1.54) is 0 Å². The van der Waals surface area contributed by atoms with Crippen LogP contribution in [-0.4, -0.2) is 17.4 Å². The third kappa shape index (κ3) is 0.920. The molecule has 3 nitrogen and oxygen atoms in total. The van der Waals surface area contributed by atoms with Gasteiger partial charge in [0.25, 0.3) is 0 Å². The molecule has 3 unspecified atom stereocenters. The van der Waals surface area contributed by atoms with Crippen molar-refractivity contribution in [2.24, 2.45) is 11.8 Å². The number of esters is 1. The Kier molecular flexibility index (Phi) is 1.45. The van der Waals surface area contributed by atoms with Crippen molar-refractivity contribution in [2.75, 3.05) is 0 Å². The number of carbonyl (C=O) groups excluding carboxylic acids is 1. The first-order valence-electron chi connectivity index (χ1n) is 3.01. The summed E-state index contributed by atoms with van der Waals surface area (Å²) in [5, 5.41) is 8.90. The fourth-order valence-electron chi connectivity index (χ4n) is 0.795. The van der Waals surface area contributed by atoms with E-state index in [1.807, 2.05) is 0 Å². The Labute approximate surface area is 53.6 Å². The summed E-state index contributed by atoms with van der Waals surface area (Å²) >= 11 is 0. The van der Waals surface area contributed by atoms with E-state index in [0.717, 1.165) is 0 Å². The molecule has 0 bridgehead atoms. The summed E-state index contributed by atoms with van der Waals surface area (Å²) in [4.78, 5) is 10.6. The van der Waals surface area contributed by atoms with E-state index in [-0.39, 0.29) is 17.8 Å². The van der Waals surface area contributed by atoms with Gasteiger partial charge >= 0.3 is 5.97 Å². The summed E-state index contributed by atoms with van der Waals surface area (Å²) < 4.78 is 4.50. The van der Waals surface area contributed by atoms with Crippen LogP contribution in [0, 0.1) is 11.8 Å². The molecule has 1 aliphatic heterocycles. The number of aliphatic hydroxyl groups excluding tert-OH is 1. The first-order chi connectivity index (χ1) is 4.13. The van der Waals surface area contributed by atoms with E-state index in [0.29, 0.717) is 0 Å². The molecule has 0 aromatic carbocycles. The van der Waals surface area contributed by atoms with Crippen LogP contribution < -0.4 is 0 Å². The van der Waals surface area contributed by atoms with E-state index in [4.69, 9.17) is 5.11 Å². The van der Waals surface area contributed by atoms with Gasteiger partial charge in [0.2, 0.25) is 6.29 Å². The molecular formula is C6H10O3. The highest BCUT2D eigenvalue weighted by atomic mass is 16.6. The summed E-state index contributed by atoms with van der Waals surface area (Å²) in [7, 11) is 0. The van der Waals surface area contributed by atoms with Gasteiger partial charge in [-0.2, -0.15) is 0 Å². The Hall–Kier alpha value is -0.570. The first-order valence-corrected chi connectivity index (χ1v) is 3.01. The molecule has 1 N–H and O–H groups in total. The summed E-state index contributed by atoms with van der Waals surface area (Å²) in [5.74, 6) is -0.507. The molecule has 0 amide bonds. The predicted molar refractivity (Wildman–Crippen MR) is 30.4 cm³/mol. The largest absolute Gasteiger partial charge is 0.435 e. The second-order valence-electron chi connectivity index (χ2n) is 2.48. The molecule has 9 heavy (non-hydrogen) atoms.